The number of esters is 1. The van der Waals surface area contributed by atoms with Gasteiger partial charge in [-0.15, -0.1) is 0 Å². The molecule has 1 saturated heterocycles. The van der Waals surface area contributed by atoms with E-state index >= 15 is 0 Å². The van der Waals surface area contributed by atoms with E-state index in [1.165, 1.54) is 6.26 Å². The van der Waals surface area contributed by atoms with Crippen LogP contribution >= 0.6 is 0 Å². The number of fused-ring (bicyclic) bond motifs is 1. The van der Waals surface area contributed by atoms with Gasteiger partial charge in [-0.1, -0.05) is 24.3 Å². The van der Waals surface area contributed by atoms with Crippen LogP contribution in [-0.4, -0.2) is 81.4 Å². The zero-order valence-corrected chi connectivity index (χ0v) is 17.1. The van der Waals surface area contributed by atoms with Crippen LogP contribution in [0.4, 0.5) is 0 Å². The van der Waals surface area contributed by atoms with Gasteiger partial charge in [-0.3, -0.25) is 0 Å². The summed E-state index contributed by atoms with van der Waals surface area (Å²) in [5, 5.41) is 49.8. The van der Waals surface area contributed by atoms with Gasteiger partial charge in [0.05, 0.1) is 24.4 Å². The Hall–Kier alpha value is -2.31. The number of carbonyl (C=O) groups is 1. The van der Waals surface area contributed by atoms with Crippen LogP contribution in [-0.2, 0) is 18.9 Å². The molecule has 1 unspecified atom stereocenters. The topological polar surface area (TPSA) is 155 Å². The second kappa shape index (κ2) is 9.28. The van der Waals surface area contributed by atoms with Gasteiger partial charge in [-0.25, -0.2) is 4.79 Å². The lowest BCUT2D eigenvalue weighted by Gasteiger charge is -2.46. The summed E-state index contributed by atoms with van der Waals surface area (Å²) < 4.78 is 21.9. The quantitative estimate of drug-likeness (QED) is 0.281. The van der Waals surface area contributed by atoms with E-state index in [9.17, 15) is 30.3 Å². The largest absolute Gasteiger partial charge is 0.472 e. The molecular weight excluding hydrogens is 424 g/mol. The highest BCUT2D eigenvalue weighted by Gasteiger charge is 2.54. The Balaban J connectivity index is 1.44. The predicted octanol–water partition coefficient (Wildman–Crippen LogP) is -0.588. The van der Waals surface area contributed by atoms with Gasteiger partial charge in [-0.2, -0.15) is 0 Å². The third-order valence-corrected chi connectivity index (χ3v) is 5.98. The van der Waals surface area contributed by atoms with E-state index in [1.54, 1.807) is 30.3 Å². The van der Waals surface area contributed by atoms with Crippen molar-refractivity contribution in [3.63, 3.8) is 0 Å². The SMILES string of the molecule is O=C(OCC1=CC[C@@H]2C=COC(O[C@H]3O[C@@](O)(CO)[C@@H](O)[C@H](O)[C@H]3O)[C@H]12)c1ccccc1. The minimum atomic E-state index is -2.52. The van der Waals surface area contributed by atoms with E-state index in [2.05, 4.69) is 0 Å². The van der Waals surface area contributed by atoms with Crippen molar-refractivity contribution in [3.8, 4) is 0 Å². The molecule has 1 aromatic rings. The summed E-state index contributed by atoms with van der Waals surface area (Å²) in [6, 6.07) is 8.57. The van der Waals surface area contributed by atoms with E-state index in [-0.39, 0.29) is 18.4 Å². The van der Waals surface area contributed by atoms with Crippen molar-refractivity contribution in [1.29, 1.82) is 0 Å². The lowest BCUT2D eigenvalue weighted by Crippen LogP contribution is -2.67. The van der Waals surface area contributed by atoms with E-state index in [0.29, 0.717) is 12.0 Å². The monoisotopic (exact) mass is 450 g/mol. The van der Waals surface area contributed by atoms with E-state index in [0.717, 1.165) is 5.57 Å². The first-order valence-electron chi connectivity index (χ1n) is 10.3. The Labute approximate surface area is 183 Å². The Kier molecular flexibility index (Phi) is 6.63. The highest BCUT2D eigenvalue weighted by Crippen LogP contribution is 2.41. The number of hydrogen-bond acceptors (Lipinski definition) is 10. The zero-order valence-electron chi connectivity index (χ0n) is 17.1. The number of hydrogen-bond donors (Lipinski definition) is 5. The number of aliphatic hydroxyl groups is 5. The van der Waals surface area contributed by atoms with Gasteiger partial charge in [-0.05, 0) is 36.1 Å². The minimum Gasteiger partial charge on any atom is -0.472 e. The average molecular weight is 450 g/mol. The molecule has 0 aromatic heterocycles. The fourth-order valence-corrected chi connectivity index (χ4v) is 4.13. The van der Waals surface area contributed by atoms with Gasteiger partial charge < -0.3 is 44.5 Å². The summed E-state index contributed by atoms with van der Waals surface area (Å²) in [4.78, 5) is 12.3. The first-order valence-corrected chi connectivity index (χ1v) is 10.3. The van der Waals surface area contributed by atoms with Gasteiger partial charge >= 0.3 is 5.97 Å². The highest BCUT2D eigenvalue weighted by atomic mass is 16.8. The molecule has 0 radical (unpaired) electrons. The molecule has 174 valence electrons. The third-order valence-electron chi connectivity index (χ3n) is 5.98. The summed E-state index contributed by atoms with van der Waals surface area (Å²) in [5.41, 5.74) is 1.17. The van der Waals surface area contributed by atoms with Crippen molar-refractivity contribution < 1.29 is 49.3 Å². The molecule has 1 aromatic carbocycles. The summed E-state index contributed by atoms with van der Waals surface area (Å²) in [7, 11) is 0. The Morgan fingerprint density at radius 1 is 1.12 bits per heavy atom. The van der Waals surface area contributed by atoms with Crippen molar-refractivity contribution >= 4 is 5.97 Å². The summed E-state index contributed by atoms with van der Waals surface area (Å²) in [6.07, 6.45) is -2.23. The molecule has 1 aliphatic carbocycles. The molecule has 2 aliphatic heterocycles. The van der Waals surface area contributed by atoms with Crippen LogP contribution in [0.5, 0.6) is 0 Å². The summed E-state index contributed by atoms with van der Waals surface area (Å²) in [6.45, 7) is -1.03. The van der Waals surface area contributed by atoms with Gasteiger partial charge in [0, 0.05) is 0 Å². The van der Waals surface area contributed by atoms with E-state index < -0.39 is 49.3 Å². The van der Waals surface area contributed by atoms with Crippen molar-refractivity contribution in [3.05, 3.63) is 59.9 Å². The number of carbonyl (C=O) groups excluding carboxylic acids is 1. The normalized spacial score (nSPS) is 38.5. The highest BCUT2D eigenvalue weighted by molar-refractivity contribution is 5.89. The molecule has 0 saturated carbocycles. The van der Waals surface area contributed by atoms with Crippen LogP contribution in [0.3, 0.4) is 0 Å². The predicted molar refractivity (Wildman–Crippen MR) is 106 cm³/mol. The molecule has 2 heterocycles. The molecule has 0 amide bonds. The first kappa shape index (κ1) is 22.9. The lowest BCUT2D eigenvalue weighted by atomic mass is 9.89. The van der Waals surface area contributed by atoms with E-state index in [1.807, 2.05) is 12.2 Å². The fraction of sp³-hybridized carbons (Fsp3) is 0.500. The fourth-order valence-electron chi connectivity index (χ4n) is 4.13. The Bertz CT molecular complexity index is 871. The second-order valence-corrected chi connectivity index (χ2v) is 8.03. The molecule has 1 fully saturated rings. The van der Waals surface area contributed by atoms with Crippen LogP contribution in [0.25, 0.3) is 0 Å². The molecule has 8 atom stereocenters. The standard InChI is InChI=1S/C22H26O10/c23-11-22(28)18(26)16(24)17(25)21(32-22)31-20-15-12(8-9-29-20)6-7-14(15)10-30-19(27)13-4-2-1-3-5-13/h1-5,7-9,12,15-18,20-21,23-26,28H,6,10-11H2/t12-,15+,16-,17-,18+,20?,21+,22+/m1/s1. The van der Waals surface area contributed by atoms with Crippen LogP contribution in [0.2, 0.25) is 0 Å². The molecule has 3 aliphatic rings. The van der Waals surface area contributed by atoms with Gasteiger partial charge in [0.2, 0.25) is 12.1 Å². The summed E-state index contributed by atoms with van der Waals surface area (Å²) in [5.74, 6) is -3.40. The molecule has 5 N–H and O–H groups in total. The van der Waals surface area contributed by atoms with Crippen molar-refractivity contribution in [2.45, 2.75) is 43.1 Å². The van der Waals surface area contributed by atoms with Crippen molar-refractivity contribution in [1.82, 2.24) is 0 Å². The Morgan fingerprint density at radius 3 is 2.59 bits per heavy atom. The van der Waals surface area contributed by atoms with Crippen molar-refractivity contribution in [2.75, 3.05) is 13.2 Å². The number of benzene rings is 1. The number of allylic oxidation sites excluding steroid dienone is 2. The Morgan fingerprint density at radius 2 is 1.88 bits per heavy atom. The molecular formula is C22H26O10. The third kappa shape index (κ3) is 4.30. The molecule has 10 heteroatoms. The first-order chi connectivity index (χ1) is 15.3. The van der Waals surface area contributed by atoms with Crippen LogP contribution in [0.1, 0.15) is 16.8 Å². The average Bonchev–Trinajstić information content (AvgIpc) is 3.24. The number of aliphatic hydroxyl groups excluding tert-OH is 4. The number of rotatable bonds is 6. The van der Waals surface area contributed by atoms with Crippen LogP contribution < -0.4 is 0 Å². The van der Waals surface area contributed by atoms with E-state index in [4.69, 9.17) is 18.9 Å². The second-order valence-electron chi connectivity index (χ2n) is 8.03. The van der Waals surface area contributed by atoms with Gasteiger partial charge in [0.1, 0.15) is 24.9 Å². The summed E-state index contributed by atoms with van der Waals surface area (Å²) >= 11 is 0. The zero-order chi connectivity index (χ0) is 22.9. The molecule has 10 nitrogen and oxygen atoms in total. The molecule has 32 heavy (non-hydrogen) atoms. The molecule has 4 rings (SSSR count). The number of ether oxygens (including phenoxy) is 4. The van der Waals surface area contributed by atoms with Gasteiger partial charge in [0.15, 0.2) is 6.29 Å². The maximum Gasteiger partial charge on any atom is 0.338 e. The minimum absolute atomic E-state index is 0.00193. The molecule has 0 spiro atoms. The van der Waals surface area contributed by atoms with Crippen LogP contribution in [0.15, 0.2) is 54.3 Å². The smallest absolute Gasteiger partial charge is 0.338 e. The van der Waals surface area contributed by atoms with Crippen molar-refractivity contribution in [2.24, 2.45) is 11.8 Å². The lowest BCUT2D eigenvalue weighted by molar-refractivity contribution is -0.414. The molecule has 0 bridgehead atoms. The van der Waals surface area contributed by atoms with Crippen LogP contribution in [0, 0.1) is 11.8 Å². The maximum absolute atomic E-state index is 12.3. The van der Waals surface area contributed by atoms with Gasteiger partial charge in [0.25, 0.3) is 0 Å². The maximum atomic E-state index is 12.3.